The average molecular weight is 301 g/mol. The van der Waals surface area contributed by atoms with Gasteiger partial charge in [0.1, 0.15) is 0 Å². The molecule has 1 saturated heterocycles. The lowest BCUT2D eigenvalue weighted by Crippen LogP contribution is -2.38. The van der Waals surface area contributed by atoms with Crippen LogP contribution in [0.1, 0.15) is 19.8 Å². The summed E-state index contributed by atoms with van der Waals surface area (Å²) < 4.78 is 0. The number of benzene rings is 1. The standard InChI is InChI=1S/C14H18Cl2N2O/c1-10-4-6-18(7-5-10)9-14(19)17-13-8-11(15)2-3-12(13)16/h2-3,8,10H,4-7,9H2,1H3,(H,17,19). The molecule has 0 aromatic heterocycles. The maximum atomic E-state index is 12.0. The van der Waals surface area contributed by atoms with E-state index in [0.29, 0.717) is 22.3 Å². The van der Waals surface area contributed by atoms with E-state index >= 15 is 0 Å². The number of nitrogens with zero attached hydrogens (tertiary/aromatic N) is 1. The largest absolute Gasteiger partial charge is 0.324 e. The Kier molecular flexibility index (Phi) is 5.08. The predicted molar refractivity (Wildman–Crippen MR) is 79.9 cm³/mol. The molecule has 19 heavy (non-hydrogen) atoms. The van der Waals surface area contributed by atoms with Crippen LogP contribution in [-0.4, -0.2) is 30.4 Å². The normalized spacial score (nSPS) is 17.4. The van der Waals surface area contributed by atoms with E-state index in [1.807, 2.05) is 0 Å². The fraction of sp³-hybridized carbons (Fsp3) is 0.500. The zero-order valence-electron chi connectivity index (χ0n) is 11.0. The summed E-state index contributed by atoms with van der Waals surface area (Å²) in [5.41, 5.74) is 0.574. The number of hydrogen-bond acceptors (Lipinski definition) is 2. The lowest BCUT2D eigenvalue weighted by Gasteiger charge is -2.29. The Bertz CT molecular complexity index is 457. The predicted octanol–water partition coefficient (Wildman–Crippen LogP) is 3.66. The molecule has 0 aliphatic carbocycles. The second-order valence-electron chi connectivity index (χ2n) is 5.13. The van der Waals surface area contributed by atoms with Gasteiger partial charge in [-0.2, -0.15) is 0 Å². The minimum absolute atomic E-state index is 0.0429. The summed E-state index contributed by atoms with van der Waals surface area (Å²) in [6.07, 6.45) is 2.32. The van der Waals surface area contributed by atoms with Gasteiger partial charge in [-0.05, 0) is 50.0 Å². The van der Waals surface area contributed by atoms with Crippen LogP contribution in [0.3, 0.4) is 0 Å². The Morgan fingerprint density at radius 2 is 2.05 bits per heavy atom. The van der Waals surface area contributed by atoms with Gasteiger partial charge in [0.15, 0.2) is 0 Å². The van der Waals surface area contributed by atoms with E-state index in [2.05, 4.69) is 17.1 Å². The van der Waals surface area contributed by atoms with Crippen molar-refractivity contribution in [1.82, 2.24) is 4.90 Å². The third-order valence-electron chi connectivity index (χ3n) is 3.45. The number of amides is 1. The molecule has 1 aliphatic heterocycles. The van der Waals surface area contributed by atoms with Gasteiger partial charge in [-0.3, -0.25) is 9.69 Å². The molecule has 5 heteroatoms. The van der Waals surface area contributed by atoms with Gasteiger partial charge in [0.05, 0.1) is 17.3 Å². The van der Waals surface area contributed by atoms with E-state index in [4.69, 9.17) is 23.2 Å². The van der Waals surface area contributed by atoms with Crippen molar-refractivity contribution < 1.29 is 4.79 Å². The summed E-state index contributed by atoms with van der Waals surface area (Å²) in [6.45, 7) is 4.63. The van der Waals surface area contributed by atoms with Crippen molar-refractivity contribution in [2.24, 2.45) is 5.92 Å². The second kappa shape index (κ2) is 6.60. The molecule has 2 rings (SSSR count). The molecule has 1 heterocycles. The van der Waals surface area contributed by atoms with Crippen molar-refractivity contribution in [2.45, 2.75) is 19.8 Å². The number of hydrogen-bond donors (Lipinski definition) is 1. The lowest BCUT2D eigenvalue weighted by atomic mass is 9.99. The minimum atomic E-state index is -0.0429. The molecule has 0 unspecified atom stereocenters. The van der Waals surface area contributed by atoms with Gasteiger partial charge in [-0.25, -0.2) is 0 Å². The van der Waals surface area contributed by atoms with Crippen LogP contribution < -0.4 is 5.32 Å². The van der Waals surface area contributed by atoms with Crippen molar-refractivity contribution in [2.75, 3.05) is 25.0 Å². The number of halogens is 2. The highest BCUT2D eigenvalue weighted by atomic mass is 35.5. The van der Waals surface area contributed by atoms with Crippen LogP contribution in [-0.2, 0) is 4.79 Å². The van der Waals surface area contributed by atoms with Crippen LogP contribution >= 0.6 is 23.2 Å². The van der Waals surface area contributed by atoms with E-state index < -0.39 is 0 Å². The fourth-order valence-electron chi connectivity index (χ4n) is 2.21. The third kappa shape index (κ3) is 4.37. The van der Waals surface area contributed by atoms with Gasteiger partial charge in [0.25, 0.3) is 0 Å². The molecule has 3 nitrogen and oxygen atoms in total. The Morgan fingerprint density at radius 1 is 1.37 bits per heavy atom. The number of anilines is 1. The SMILES string of the molecule is CC1CCN(CC(=O)Nc2cc(Cl)ccc2Cl)CC1. The number of carbonyl (C=O) groups is 1. The number of likely N-dealkylation sites (tertiary alicyclic amines) is 1. The molecular weight excluding hydrogens is 283 g/mol. The van der Waals surface area contributed by atoms with Gasteiger partial charge in [-0.1, -0.05) is 30.1 Å². The van der Waals surface area contributed by atoms with Crippen LogP contribution in [0.4, 0.5) is 5.69 Å². The molecular formula is C14H18Cl2N2O. The molecule has 1 aromatic rings. The van der Waals surface area contributed by atoms with Crippen molar-refractivity contribution in [3.8, 4) is 0 Å². The fourth-order valence-corrected chi connectivity index (χ4v) is 2.54. The van der Waals surface area contributed by atoms with Crippen LogP contribution in [0.2, 0.25) is 10.0 Å². The Morgan fingerprint density at radius 3 is 2.74 bits per heavy atom. The maximum Gasteiger partial charge on any atom is 0.238 e. The molecule has 0 atom stereocenters. The molecule has 1 N–H and O–H groups in total. The van der Waals surface area contributed by atoms with E-state index in [1.54, 1.807) is 18.2 Å². The Labute approximate surface area is 123 Å². The number of carbonyl (C=O) groups excluding carboxylic acids is 1. The van der Waals surface area contributed by atoms with E-state index in [1.165, 1.54) is 0 Å². The Balaban J connectivity index is 1.89. The monoisotopic (exact) mass is 300 g/mol. The van der Waals surface area contributed by atoms with E-state index in [9.17, 15) is 4.79 Å². The number of piperidine rings is 1. The van der Waals surface area contributed by atoms with Crippen molar-refractivity contribution in [3.63, 3.8) is 0 Å². The molecule has 0 radical (unpaired) electrons. The molecule has 1 aromatic carbocycles. The highest BCUT2D eigenvalue weighted by Gasteiger charge is 2.18. The summed E-state index contributed by atoms with van der Waals surface area (Å²) in [4.78, 5) is 14.1. The smallest absolute Gasteiger partial charge is 0.238 e. The molecule has 104 valence electrons. The van der Waals surface area contributed by atoms with Gasteiger partial charge < -0.3 is 5.32 Å². The Hall–Kier alpha value is -0.770. The lowest BCUT2D eigenvalue weighted by molar-refractivity contribution is -0.117. The van der Waals surface area contributed by atoms with Gasteiger partial charge in [-0.15, -0.1) is 0 Å². The molecule has 0 spiro atoms. The van der Waals surface area contributed by atoms with Crippen LogP contribution in [0.25, 0.3) is 0 Å². The average Bonchev–Trinajstić information content (AvgIpc) is 2.37. The van der Waals surface area contributed by atoms with E-state index in [-0.39, 0.29) is 5.91 Å². The summed E-state index contributed by atoms with van der Waals surface area (Å²) in [6, 6.07) is 5.05. The highest BCUT2D eigenvalue weighted by Crippen LogP contribution is 2.25. The van der Waals surface area contributed by atoms with Crippen LogP contribution in [0, 0.1) is 5.92 Å². The first-order valence-electron chi connectivity index (χ1n) is 6.52. The zero-order valence-corrected chi connectivity index (χ0v) is 12.5. The summed E-state index contributed by atoms with van der Waals surface area (Å²) in [5.74, 6) is 0.723. The first kappa shape index (κ1) is 14.6. The quantitative estimate of drug-likeness (QED) is 0.924. The molecule has 1 aliphatic rings. The zero-order chi connectivity index (χ0) is 13.8. The van der Waals surface area contributed by atoms with Gasteiger partial charge in [0, 0.05) is 5.02 Å². The summed E-state index contributed by atoms with van der Waals surface area (Å²) in [7, 11) is 0. The third-order valence-corrected chi connectivity index (χ3v) is 4.01. The first-order chi connectivity index (χ1) is 9.04. The summed E-state index contributed by atoms with van der Waals surface area (Å²) >= 11 is 11.9. The minimum Gasteiger partial charge on any atom is -0.324 e. The summed E-state index contributed by atoms with van der Waals surface area (Å²) in [5, 5.41) is 3.88. The molecule has 1 amide bonds. The van der Waals surface area contributed by atoms with E-state index in [0.717, 1.165) is 31.8 Å². The van der Waals surface area contributed by atoms with Crippen molar-refractivity contribution in [3.05, 3.63) is 28.2 Å². The van der Waals surface area contributed by atoms with Gasteiger partial charge >= 0.3 is 0 Å². The molecule has 1 fully saturated rings. The van der Waals surface area contributed by atoms with Crippen molar-refractivity contribution >= 4 is 34.8 Å². The highest BCUT2D eigenvalue weighted by molar-refractivity contribution is 6.35. The topological polar surface area (TPSA) is 32.3 Å². The first-order valence-corrected chi connectivity index (χ1v) is 7.27. The van der Waals surface area contributed by atoms with Gasteiger partial charge in [0.2, 0.25) is 5.91 Å². The van der Waals surface area contributed by atoms with Crippen LogP contribution in [0.5, 0.6) is 0 Å². The number of rotatable bonds is 3. The second-order valence-corrected chi connectivity index (χ2v) is 5.97. The molecule has 0 saturated carbocycles. The van der Waals surface area contributed by atoms with Crippen molar-refractivity contribution in [1.29, 1.82) is 0 Å². The van der Waals surface area contributed by atoms with Crippen LogP contribution in [0.15, 0.2) is 18.2 Å². The maximum absolute atomic E-state index is 12.0. The molecule has 0 bridgehead atoms. The number of nitrogens with one attached hydrogen (secondary N) is 1.